The van der Waals surface area contributed by atoms with E-state index in [9.17, 15) is 4.79 Å². The number of halogens is 1. The average molecular weight is 296 g/mol. The molecule has 1 amide bonds. The van der Waals surface area contributed by atoms with Crippen molar-refractivity contribution in [2.75, 3.05) is 0 Å². The highest BCUT2D eigenvalue weighted by Crippen LogP contribution is 2.26. The molecule has 1 saturated carbocycles. The van der Waals surface area contributed by atoms with Crippen LogP contribution >= 0.6 is 11.6 Å². The molecule has 1 fully saturated rings. The molecule has 0 bridgehead atoms. The number of ether oxygens (including phenoxy) is 1. The van der Waals surface area contributed by atoms with E-state index in [0.717, 1.165) is 18.4 Å². The van der Waals surface area contributed by atoms with Gasteiger partial charge in [0.15, 0.2) is 6.10 Å². The van der Waals surface area contributed by atoms with Gasteiger partial charge in [-0.25, -0.2) is 0 Å². The maximum atomic E-state index is 12.1. The topological polar surface area (TPSA) is 38.3 Å². The van der Waals surface area contributed by atoms with Gasteiger partial charge in [0.25, 0.3) is 5.91 Å². The van der Waals surface area contributed by atoms with Gasteiger partial charge in [0.2, 0.25) is 0 Å². The number of hydrogen-bond acceptors (Lipinski definition) is 2. The SMILES string of the molecule is Cc1ccc(Cl)c(OC(C)C(=O)NC2CCCCC2)c1. The van der Waals surface area contributed by atoms with Crippen LogP contribution in [-0.4, -0.2) is 18.1 Å². The number of rotatable bonds is 4. The summed E-state index contributed by atoms with van der Waals surface area (Å²) in [6, 6.07) is 5.86. The molecule has 2 rings (SSSR count). The number of amides is 1. The quantitative estimate of drug-likeness (QED) is 0.916. The first kappa shape index (κ1) is 15.2. The van der Waals surface area contributed by atoms with E-state index < -0.39 is 6.10 Å². The predicted molar refractivity (Wildman–Crippen MR) is 81.3 cm³/mol. The molecule has 0 aliphatic heterocycles. The smallest absolute Gasteiger partial charge is 0.260 e. The lowest BCUT2D eigenvalue weighted by Gasteiger charge is -2.24. The molecule has 1 aromatic rings. The molecular formula is C16H22ClNO2. The zero-order valence-corrected chi connectivity index (χ0v) is 12.9. The van der Waals surface area contributed by atoms with E-state index >= 15 is 0 Å². The van der Waals surface area contributed by atoms with Gasteiger partial charge >= 0.3 is 0 Å². The summed E-state index contributed by atoms with van der Waals surface area (Å²) in [7, 11) is 0. The Kier molecular flexibility index (Phi) is 5.30. The van der Waals surface area contributed by atoms with Crippen molar-refractivity contribution in [2.45, 2.75) is 58.1 Å². The van der Waals surface area contributed by atoms with E-state index in [1.807, 2.05) is 19.1 Å². The summed E-state index contributed by atoms with van der Waals surface area (Å²) in [6.45, 7) is 3.73. The normalized spacial score (nSPS) is 17.6. The van der Waals surface area contributed by atoms with Crippen molar-refractivity contribution in [1.82, 2.24) is 5.32 Å². The molecule has 0 aromatic heterocycles. The van der Waals surface area contributed by atoms with E-state index in [0.29, 0.717) is 16.8 Å². The van der Waals surface area contributed by atoms with Gasteiger partial charge in [-0.15, -0.1) is 0 Å². The van der Waals surface area contributed by atoms with Gasteiger partial charge in [-0.1, -0.05) is 36.9 Å². The van der Waals surface area contributed by atoms with Crippen molar-refractivity contribution in [3.8, 4) is 5.75 Å². The minimum absolute atomic E-state index is 0.0607. The van der Waals surface area contributed by atoms with Crippen LogP contribution in [0.1, 0.15) is 44.6 Å². The molecule has 0 spiro atoms. The second-order valence-electron chi connectivity index (χ2n) is 5.54. The molecule has 20 heavy (non-hydrogen) atoms. The monoisotopic (exact) mass is 295 g/mol. The minimum atomic E-state index is -0.531. The number of carbonyl (C=O) groups excluding carboxylic acids is 1. The molecule has 1 atom stereocenters. The van der Waals surface area contributed by atoms with Crippen LogP contribution in [0, 0.1) is 6.92 Å². The molecular weight excluding hydrogens is 274 g/mol. The molecule has 3 nitrogen and oxygen atoms in total. The molecule has 1 unspecified atom stereocenters. The number of hydrogen-bond donors (Lipinski definition) is 1. The highest BCUT2D eigenvalue weighted by molar-refractivity contribution is 6.32. The first-order valence-corrected chi connectivity index (χ1v) is 7.67. The third-order valence-corrected chi connectivity index (χ3v) is 4.02. The summed E-state index contributed by atoms with van der Waals surface area (Å²) < 4.78 is 5.69. The lowest BCUT2D eigenvalue weighted by Crippen LogP contribution is -2.43. The Morgan fingerprint density at radius 3 is 2.75 bits per heavy atom. The van der Waals surface area contributed by atoms with E-state index in [-0.39, 0.29) is 5.91 Å². The fourth-order valence-electron chi connectivity index (χ4n) is 2.51. The standard InChI is InChI=1S/C16H22ClNO2/c1-11-8-9-14(17)15(10-11)20-12(2)16(19)18-13-6-4-3-5-7-13/h8-10,12-13H,3-7H2,1-2H3,(H,18,19). The molecule has 1 aliphatic carbocycles. The van der Waals surface area contributed by atoms with E-state index in [2.05, 4.69) is 5.32 Å². The minimum Gasteiger partial charge on any atom is -0.479 e. The Balaban J connectivity index is 1.91. The van der Waals surface area contributed by atoms with Crippen LogP contribution in [0.2, 0.25) is 5.02 Å². The zero-order valence-electron chi connectivity index (χ0n) is 12.1. The van der Waals surface area contributed by atoms with E-state index in [4.69, 9.17) is 16.3 Å². The van der Waals surface area contributed by atoms with Crippen LogP contribution in [0.5, 0.6) is 5.75 Å². The first-order chi connectivity index (χ1) is 9.56. The Morgan fingerprint density at radius 1 is 1.35 bits per heavy atom. The van der Waals surface area contributed by atoms with Crippen LogP contribution in [0.15, 0.2) is 18.2 Å². The molecule has 0 heterocycles. The lowest BCUT2D eigenvalue weighted by molar-refractivity contribution is -0.128. The van der Waals surface area contributed by atoms with Gasteiger partial charge in [0, 0.05) is 6.04 Å². The largest absolute Gasteiger partial charge is 0.479 e. The first-order valence-electron chi connectivity index (χ1n) is 7.29. The van der Waals surface area contributed by atoms with Gasteiger partial charge < -0.3 is 10.1 Å². The fourth-order valence-corrected chi connectivity index (χ4v) is 2.67. The molecule has 4 heteroatoms. The highest BCUT2D eigenvalue weighted by Gasteiger charge is 2.21. The summed E-state index contributed by atoms with van der Waals surface area (Å²) in [5.41, 5.74) is 1.06. The summed E-state index contributed by atoms with van der Waals surface area (Å²) in [4.78, 5) is 12.1. The van der Waals surface area contributed by atoms with Crippen molar-refractivity contribution in [3.05, 3.63) is 28.8 Å². The Labute approximate surface area is 125 Å². The fraction of sp³-hybridized carbons (Fsp3) is 0.562. The van der Waals surface area contributed by atoms with Gasteiger partial charge in [-0.05, 0) is 44.4 Å². The van der Waals surface area contributed by atoms with Crippen molar-refractivity contribution >= 4 is 17.5 Å². The number of carbonyl (C=O) groups is 1. The summed E-state index contributed by atoms with van der Waals surface area (Å²) in [6.07, 6.45) is 5.29. The van der Waals surface area contributed by atoms with Crippen LogP contribution in [0.25, 0.3) is 0 Å². The lowest BCUT2D eigenvalue weighted by atomic mass is 9.95. The zero-order chi connectivity index (χ0) is 14.5. The number of nitrogens with one attached hydrogen (secondary N) is 1. The summed E-state index contributed by atoms with van der Waals surface area (Å²) >= 11 is 6.08. The Bertz CT molecular complexity index is 470. The van der Waals surface area contributed by atoms with Crippen LogP contribution in [-0.2, 0) is 4.79 Å². The van der Waals surface area contributed by atoms with Gasteiger partial charge in [0.05, 0.1) is 5.02 Å². The number of aryl methyl sites for hydroxylation is 1. The third-order valence-electron chi connectivity index (χ3n) is 3.71. The molecule has 1 aliphatic rings. The second-order valence-corrected chi connectivity index (χ2v) is 5.94. The van der Waals surface area contributed by atoms with Gasteiger partial charge in [0.1, 0.15) is 5.75 Å². The molecule has 110 valence electrons. The maximum Gasteiger partial charge on any atom is 0.260 e. The highest BCUT2D eigenvalue weighted by atomic mass is 35.5. The molecule has 0 radical (unpaired) electrons. The van der Waals surface area contributed by atoms with Gasteiger partial charge in [-0.2, -0.15) is 0 Å². The van der Waals surface area contributed by atoms with Crippen molar-refractivity contribution in [2.24, 2.45) is 0 Å². The van der Waals surface area contributed by atoms with Crippen LogP contribution in [0.3, 0.4) is 0 Å². The second kappa shape index (κ2) is 6.98. The van der Waals surface area contributed by atoms with Crippen LogP contribution in [0.4, 0.5) is 0 Å². The van der Waals surface area contributed by atoms with E-state index in [1.165, 1.54) is 19.3 Å². The molecule has 0 saturated heterocycles. The summed E-state index contributed by atoms with van der Waals surface area (Å²) in [5.74, 6) is 0.507. The summed E-state index contributed by atoms with van der Waals surface area (Å²) in [5, 5.41) is 3.60. The molecule has 1 aromatic carbocycles. The van der Waals surface area contributed by atoms with Crippen molar-refractivity contribution < 1.29 is 9.53 Å². The van der Waals surface area contributed by atoms with Crippen LogP contribution < -0.4 is 10.1 Å². The average Bonchev–Trinajstić information content (AvgIpc) is 2.44. The molecule has 1 N–H and O–H groups in total. The third kappa shape index (κ3) is 4.14. The maximum absolute atomic E-state index is 12.1. The Hall–Kier alpha value is -1.22. The van der Waals surface area contributed by atoms with Crippen molar-refractivity contribution in [3.63, 3.8) is 0 Å². The van der Waals surface area contributed by atoms with Crippen molar-refractivity contribution in [1.29, 1.82) is 0 Å². The Morgan fingerprint density at radius 2 is 2.05 bits per heavy atom. The van der Waals surface area contributed by atoms with E-state index in [1.54, 1.807) is 13.0 Å². The number of benzene rings is 1. The van der Waals surface area contributed by atoms with Gasteiger partial charge in [-0.3, -0.25) is 4.79 Å². The predicted octanol–water partition coefficient (Wildman–Crippen LogP) is 3.86.